The summed E-state index contributed by atoms with van der Waals surface area (Å²) in [6.07, 6.45) is 0. The van der Waals surface area contributed by atoms with E-state index in [-0.39, 0.29) is 0 Å². The molecule has 2 aliphatic heterocycles. The van der Waals surface area contributed by atoms with Crippen molar-refractivity contribution in [2.24, 2.45) is 0 Å². The van der Waals surface area contributed by atoms with Crippen molar-refractivity contribution in [2.75, 3.05) is 10.2 Å². The van der Waals surface area contributed by atoms with Crippen molar-refractivity contribution >= 4 is 38.6 Å². The van der Waals surface area contributed by atoms with Gasteiger partial charge in [-0.15, -0.1) is 0 Å². The van der Waals surface area contributed by atoms with Gasteiger partial charge < -0.3 is 19.2 Å². The fourth-order valence-electron chi connectivity index (χ4n) is 6.60. The number of nitrogens with one attached hydrogen (secondary N) is 2. The third-order valence-electron chi connectivity index (χ3n) is 8.62. The van der Waals surface area contributed by atoms with E-state index in [1.165, 1.54) is 44.0 Å². The van der Waals surface area contributed by atoms with Crippen LogP contribution in [-0.2, 0) is 0 Å². The molecule has 46 heavy (non-hydrogen) atoms. The zero-order valence-electron chi connectivity index (χ0n) is 26.3. The molecule has 2 N–H and O–H groups in total. The molecule has 0 aromatic heterocycles. The van der Waals surface area contributed by atoms with E-state index in [1.54, 1.807) is 0 Å². The summed E-state index contributed by atoms with van der Waals surface area (Å²) in [4.78, 5) is 0. The Morgan fingerprint density at radius 1 is 0.413 bits per heavy atom. The van der Waals surface area contributed by atoms with E-state index >= 15 is 0 Å². The van der Waals surface area contributed by atoms with Gasteiger partial charge in [-0.3, -0.25) is 0 Å². The van der Waals surface area contributed by atoms with Crippen LogP contribution in [0.2, 0.25) is 0 Å². The zero-order chi connectivity index (χ0) is 31.4. The maximum atomic E-state index is 7.13. The van der Waals surface area contributed by atoms with Crippen LogP contribution in [0.25, 0.3) is 33.4 Å². The summed E-state index contributed by atoms with van der Waals surface area (Å²) < 4.78 is 14.3. The highest BCUT2D eigenvalue weighted by Crippen LogP contribution is 2.54. The second kappa shape index (κ2) is 11.6. The van der Waals surface area contributed by atoms with Crippen LogP contribution in [0.1, 0.15) is 22.3 Å². The maximum Gasteiger partial charge on any atom is 0.223 e. The van der Waals surface area contributed by atoms with E-state index < -0.39 is 16.6 Å². The van der Waals surface area contributed by atoms with Crippen LogP contribution < -0.4 is 29.8 Å². The molecule has 2 aliphatic rings. The van der Waals surface area contributed by atoms with Crippen molar-refractivity contribution in [3.8, 4) is 44.9 Å². The van der Waals surface area contributed by atoms with Crippen LogP contribution in [-0.4, -0.2) is 0 Å². The van der Waals surface area contributed by atoms with Gasteiger partial charge in [0.1, 0.15) is 11.5 Å². The molecule has 0 aliphatic carbocycles. The van der Waals surface area contributed by atoms with Gasteiger partial charge in [0, 0.05) is 44.2 Å². The minimum absolute atomic E-state index is 0.878. The van der Waals surface area contributed by atoms with E-state index in [0.29, 0.717) is 0 Å². The van der Waals surface area contributed by atoms with E-state index in [9.17, 15) is 0 Å². The minimum atomic E-state index is -1.19. The first-order chi connectivity index (χ1) is 22.4. The lowest BCUT2D eigenvalue weighted by molar-refractivity contribution is 0.612. The molecule has 0 bridgehead atoms. The van der Waals surface area contributed by atoms with Crippen molar-refractivity contribution in [2.45, 2.75) is 27.7 Å². The van der Waals surface area contributed by atoms with Gasteiger partial charge in [0.05, 0.1) is 0 Å². The van der Waals surface area contributed by atoms with Crippen molar-refractivity contribution in [3.05, 3.63) is 144 Å². The van der Waals surface area contributed by atoms with Crippen LogP contribution in [0.4, 0.5) is 11.4 Å². The van der Waals surface area contributed by atoms with Gasteiger partial charge in [-0.1, -0.05) is 84.9 Å². The third-order valence-corrected chi connectivity index (χ3v) is 11.9. The molecule has 0 fully saturated rings. The Kier molecular flexibility index (Phi) is 7.29. The predicted octanol–water partition coefficient (Wildman–Crippen LogP) is 10.8. The average Bonchev–Trinajstić information content (AvgIpc) is 3.07. The largest absolute Gasteiger partial charge is 0.448 e. The second-order valence-corrected chi connectivity index (χ2v) is 15.0. The molecule has 2 unspecified atom stereocenters. The Labute approximate surface area is 273 Å². The van der Waals surface area contributed by atoms with E-state index in [0.717, 1.165) is 45.1 Å². The SMILES string of the molecule is Cc1cc(C)c(OP2Nc3ccccc3-c3ccccc32)c(-c2cc(C)cc(C)c2OP2Nc3ccccc3-c3ccccc32)c1. The summed E-state index contributed by atoms with van der Waals surface area (Å²) in [6.45, 7) is 8.60. The summed E-state index contributed by atoms with van der Waals surface area (Å²) in [5.41, 5.74) is 13.7. The van der Waals surface area contributed by atoms with Crippen LogP contribution in [0.5, 0.6) is 11.5 Å². The third kappa shape index (κ3) is 5.03. The molecule has 6 aromatic rings. The molecule has 2 heterocycles. The monoisotopic (exact) mass is 636 g/mol. The highest BCUT2D eigenvalue weighted by molar-refractivity contribution is 7.63. The van der Waals surface area contributed by atoms with Crippen molar-refractivity contribution in [1.82, 2.24) is 0 Å². The molecule has 0 amide bonds. The first kappa shape index (κ1) is 28.8. The molecule has 0 spiro atoms. The van der Waals surface area contributed by atoms with Gasteiger partial charge in [-0.2, -0.15) is 0 Å². The Balaban J connectivity index is 1.24. The summed E-state index contributed by atoms with van der Waals surface area (Å²) in [6, 6.07) is 43.0. The number of benzene rings is 6. The van der Waals surface area contributed by atoms with Crippen LogP contribution in [0.15, 0.2) is 121 Å². The molecule has 0 radical (unpaired) electrons. The normalized spacial score (nSPS) is 15.7. The fraction of sp³-hybridized carbons (Fsp3) is 0.100. The molecule has 0 saturated heterocycles. The Bertz CT molecular complexity index is 1990. The molecule has 2 atom stereocenters. The summed E-state index contributed by atoms with van der Waals surface area (Å²) in [7, 11) is -2.37. The maximum absolute atomic E-state index is 7.13. The summed E-state index contributed by atoms with van der Waals surface area (Å²) >= 11 is 0. The Morgan fingerprint density at radius 2 is 0.783 bits per heavy atom. The van der Waals surface area contributed by atoms with E-state index in [4.69, 9.17) is 9.05 Å². The molecule has 6 heteroatoms. The Hall–Kier alpha value is -4.62. The topological polar surface area (TPSA) is 42.5 Å². The number of rotatable bonds is 5. The van der Waals surface area contributed by atoms with Gasteiger partial charge in [0.15, 0.2) is 0 Å². The highest BCUT2D eigenvalue weighted by Gasteiger charge is 2.31. The lowest BCUT2D eigenvalue weighted by Crippen LogP contribution is -2.20. The minimum Gasteiger partial charge on any atom is -0.448 e. The lowest BCUT2D eigenvalue weighted by atomic mass is 9.95. The van der Waals surface area contributed by atoms with E-state index in [1.807, 2.05) is 0 Å². The molecular formula is C40H34N2O2P2. The average molecular weight is 637 g/mol. The second-order valence-electron chi connectivity index (χ2n) is 12.0. The quantitative estimate of drug-likeness (QED) is 0.185. The van der Waals surface area contributed by atoms with Gasteiger partial charge in [0.25, 0.3) is 0 Å². The molecular weight excluding hydrogens is 602 g/mol. The van der Waals surface area contributed by atoms with Crippen molar-refractivity contribution in [1.29, 1.82) is 0 Å². The molecule has 4 nitrogen and oxygen atoms in total. The van der Waals surface area contributed by atoms with Crippen molar-refractivity contribution < 1.29 is 9.05 Å². The van der Waals surface area contributed by atoms with Gasteiger partial charge >= 0.3 is 0 Å². The lowest BCUT2D eigenvalue weighted by Gasteiger charge is -2.31. The summed E-state index contributed by atoms with van der Waals surface area (Å²) in [5.74, 6) is 1.76. The molecule has 6 aromatic carbocycles. The summed E-state index contributed by atoms with van der Waals surface area (Å²) in [5, 5.41) is 9.87. The van der Waals surface area contributed by atoms with Gasteiger partial charge in [-0.25, -0.2) is 0 Å². The number of aryl methyl sites for hydroxylation is 4. The van der Waals surface area contributed by atoms with Gasteiger partial charge in [-0.05, 0) is 97.5 Å². The first-order valence-electron chi connectivity index (χ1n) is 15.5. The number of hydrogen-bond donors (Lipinski definition) is 2. The molecule has 8 rings (SSSR count). The van der Waals surface area contributed by atoms with Crippen LogP contribution in [0, 0.1) is 27.7 Å². The molecule has 226 valence electrons. The van der Waals surface area contributed by atoms with E-state index in [2.05, 4.69) is 159 Å². The molecule has 0 saturated carbocycles. The number of fused-ring (bicyclic) bond motifs is 6. The zero-order valence-corrected chi connectivity index (χ0v) is 28.0. The first-order valence-corrected chi connectivity index (χ1v) is 18.1. The predicted molar refractivity (Wildman–Crippen MR) is 196 cm³/mol. The van der Waals surface area contributed by atoms with Crippen LogP contribution >= 0.6 is 16.6 Å². The smallest absolute Gasteiger partial charge is 0.223 e. The number of anilines is 2. The number of hydrogen-bond acceptors (Lipinski definition) is 4. The van der Waals surface area contributed by atoms with Gasteiger partial charge in [0.2, 0.25) is 16.6 Å². The van der Waals surface area contributed by atoms with Crippen molar-refractivity contribution in [3.63, 3.8) is 0 Å². The number of para-hydroxylation sites is 2. The standard InChI is InChI=1S/C40H34N2O2P2/c1-25-21-27(3)39(43-45-37-19-11-7-15-31(37)29-13-5-9-17-35(29)41-45)33(23-25)34-24-26(2)22-28(4)40(34)44-46-38-20-12-8-16-32(38)30-14-6-10-18-36(30)42-46/h5-24,41-42H,1-4H3. The van der Waals surface area contributed by atoms with Crippen LogP contribution in [0.3, 0.4) is 0 Å². The fourth-order valence-corrected chi connectivity index (χ4v) is 10.1. The Morgan fingerprint density at radius 3 is 1.22 bits per heavy atom. The highest BCUT2D eigenvalue weighted by atomic mass is 31.2.